The molecular formula is C34H58Ar6. The van der Waals surface area contributed by atoms with Crippen LogP contribution in [0.1, 0.15) is 107 Å². The number of benzene rings is 3. The van der Waals surface area contributed by atoms with Crippen molar-refractivity contribution in [1.82, 2.24) is 0 Å². The number of aryl methyl sites for hydroxylation is 1. The van der Waals surface area contributed by atoms with Crippen LogP contribution in [0.5, 0.6) is 0 Å². The van der Waals surface area contributed by atoms with Crippen LogP contribution in [0, 0.1) is 239 Å². The van der Waals surface area contributed by atoms with Crippen LogP contribution >= 0.6 is 0 Å². The largest absolute Gasteiger partial charge is 0.0776 e. The Kier molecular flexibility index (Phi) is 91.0. The van der Waals surface area contributed by atoms with E-state index < -0.39 is 0 Å². The van der Waals surface area contributed by atoms with Crippen LogP contribution in [-0.2, 0) is 6.42 Å². The molecule has 6 heteroatoms. The first-order valence-corrected chi connectivity index (χ1v) is 13.0. The molecule has 0 saturated carbocycles. The Bertz CT molecular complexity index is 751. The molecule has 242 valence electrons. The van der Waals surface area contributed by atoms with Crippen molar-refractivity contribution >= 4 is 0 Å². The standard InChI is InChI=1S/C13H10.C7H8.C5H12.4C2H6.CH4.6Ar/c1-3-7-12-10(5-1)9-11-6-2-4-8-13(11)12;1-7-5-3-2-4-6-7;1-5(2,3)4;4*1-2;;;;;;;/h1-8H,9H2;2-6H,1H3;1-4H3;4*1-2H3;1H4;;;;;;. The molecule has 0 heterocycles. The van der Waals surface area contributed by atoms with Gasteiger partial charge in [-0.3, -0.25) is 0 Å². The molecule has 40 heavy (non-hydrogen) atoms. The summed E-state index contributed by atoms with van der Waals surface area (Å²) in [5, 5.41) is 0. The van der Waals surface area contributed by atoms with Gasteiger partial charge >= 0.3 is 0 Å². The molecule has 0 aliphatic heterocycles. The summed E-state index contributed by atoms with van der Waals surface area (Å²) >= 11 is 0. The molecule has 0 aromatic heterocycles. The Morgan fingerprint density at radius 2 is 0.650 bits per heavy atom. The molecule has 0 saturated heterocycles. The van der Waals surface area contributed by atoms with Crippen molar-refractivity contribution < 1.29 is 226 Å². The first-order chi connectivity index (χ1) is 15.8. The van der Waals surface area contributed by atoms with E-state index in [1.54, 1.807) is 0 Å². The number of hydrogen-bond acceptors (Lipinski definition) is 0. The Morgan fingerprint density at radius 3 is 0.875 bits per heavy atom. The van der Waals surface area contributed by atoms with E-state index >= 15 is 0 Å². The molecule has 0 fully saturated rings. The Hall–Kier alpha value is 5.22. The van der Waals surface area contributed by atoms with Gasteiger partial charge in [0, 0.05) is 226 Å². The van der Waals surface area contributed by atoms with Crippen molar-refractivity contribution in [3.63, 3.8) is 0 Å². The van der Waals surface area contributed by atoms with Gasteiger partial charge in [0.05, 0.1) is 0 Å². The molecule has 0 amide bonds. The van der Waals surface area contributed by atoms with E-state index in [1.807, 2.05) is 73.6 Å². The summed E-state index contributed by atoms with van der Waals surface area (Å²) < 4.78 is 0. The third kappa shape index (κ3) is 41.2. The van der Waals surface area contributed by atoms with E-state index in [4.69, 9.17) is 0 Å². The summed E-state index contributed by atoms with van der Waals surface area (Å²) in [7, 11) is 0. The molecule has 0 bridgehead atoms. The molecule has 0 unspecified atom stereocenters. The van der Waals surface area contributed by atoms with Gasteiger partial charge in [0.1, 0.15) is 0 Å². The quantitative estimate of drug-likeness (QED) is 0.171. The van der Waals surface area contributed by atoms with Crippen LogP contribution in [-0.4, -0.2) is 0 Å². The summed E-state index contributed by atoms with van der Waals surface area (Å²) in [5.74, 6) is 0. The first-order valence-electron chi connectivity index (χ1n) is 13.0. The zero-order chi connectivity index (χ0) is 26.3. The van der Waals surface area contributed by atoms with Gasteiger partial charge in [0.25, 0.3) is 0 Å². The topological polar surface area (TPSA) is 0 Å². The Morgan fingerprint density at radius 1 is 0.425 bits per heavy atom. The maximum Gasteiger partial charge on any atom is 0 e. The molecule has 0 nitrogen and oxygen atoms in total. The molecule has 1 aliphatic rings. The first kappa shape index (κ1) is 71.3. The molecule has 0 radical (unpaired) electrons. The second-order valence-corrected chi connectivity index (χ2v) is 8.15. The van der Waals surface area contributed by atoms with Crippen LogP contribution in [0.4, 0.5) is 0 Å². The van der Waals surface area contributed by atoms with Gasteiger partial charge in [0.15, 0.2) is 0 Å². The predicted molar refractivity (Wildman–Crippen MR) is 163 cm³/mol. The van der Waals surface area contributed by atoms with E-state index in [2.05, 4.69) is 95.3 Å². The van der Waals surface area contributed by atoms with Crippen LogP contribution in [0.15, 0.2) is 78.9 Å². The zero-order valence-corrected chi connectivity index (χ0v) is 30.6. The summed E-state index contributed by atoms with van der Waals surface area (Å²) in [6.45, 7) is 26.8. The fourth-order valence-electron chi connectivity index (χ4n) is 2.61. The molecule has 1 aliphatic carbocycles. The fraction of sp³-hybridized carbons (Fsp3) is 0.471. The van der Waals surface area contributed by atoms with Gasteiger partial charge in [-0.15, -0.1) is 0 Å². The minimum Gasteiger partial charge on any atom is -0.0776 e. The third-order valence-electron chi connectivity index (χ3n) is 3.65. The summed E-state index contributed by atoms with van der Waals surface area (Å²) in [6, 6.07) is 27.6. The zero-order valence-electron chi connectivity index (χ0n) is 26.3. The Labute approximate surface area is 432 Å². The van der Waals surface area contributed by atoms with Gasteiger partial charge in [-0.25, -0.2) is 0 Å². The average Bonchev–Trinajstić information content (AvgIpc) is 3.23. The minimum absolute atomic E-state index is 0. The van der Waals surface area contributed by atoms with Crippen molar-refractivity contribution in [2.24, 2.45) is 5.41 Å². The van der Waals surface area contributed by atoms with Gasteiger partial charge in [-0.05, 0) is 41.0 Å². The van der Waals surface area contributed by atoms with Crippen LogP contribution < -0.4 is 0 Å². The number of rotatable bonds is 0. The van der Waals surface area contributed by atoms with Crippen molar-refractivity contribution in [2.75, 3.05) is 0 Å². The van der Waals surface area contributed by atoms with Crippen molar-refractivity contribution in [3.8, 4) is 11.1 Å². The number of hydrogen-bond donors (Lipinski definition) is 0. The summed E-state index contributed by atoms with van der Waals surface area (Å²) in [4.78, 5) is 0. The van der Waals surface area contributed by atoms with Crippen LogP contribution in [0.2, 0.25) is 0 Å². The van der Waals surface area contributed by atoms with Gasteiger partial charge in [-0.2, -0.15) is 0 Å². The van der Waals surface area contributed by atoms with E-state index in [0.717, 1.165) is 6.42 Å². The summed E-state index contributed by atoms with van der Waals surface area (Å²) in [6.07, 6.45) is 1.10. The maximum atomic E-state index is 2.22. The van der Waals surface area contributed by atoms with E-state index in [1.165, 1.54) is 27.8 Å². The predicted octanol–water partition coefficient (Wildman–Crippen LogP) is 12.0. The molecule has 3 aromatic carbocycles. The molecule has 0 atom stereocenters. The summed E-state index contributed by atoms with van der Waals surface area (Å²) in [5.41, 5.74) is 7.58. The van der Waals surface area contributed by atoms with Gasteiger partial charge in [0.2, 0.25) is 0 Å². The smallest absolute Gasteiger partial charge is 0 e. The molecule has 0 spiro atoms. The molecular weight excluding hydrogens is 648 g/mol. The molecule has 0 N–H and O–H groups in total. The minimum atomic E-state index is 0. The van der Waals surface area contributed by atoms with Crippen LogP contribution in [0.25, 0.3) is 11.1 Å². The molecule has 3 aromatic rings. The van der Waals surface area contributed by atoms with Crippen molar-refractivity contribution in [1.29, 1.82) is 0 Å². The van der Waals surface area contributed by atoms with Gasteiger partial charge < -0.3 is 0 Å². The van der Waals surface area contributed by atoms with Crippen LogP contribution in [0.3, 0.4) is 0 Å². The van der Waals surface area contributed by atoms with Gasteiger partial charge in [-0.1, -0.05) is 175 Å². The average molecular weight is 707 g/mol. The Balaban J connectivity index is -0.0000000370. The monoisotopic (exact) mass is 706 g/mol. The van der Waals surface area contributed by atoms with Crippen molar-refractivity contribution in [3.05, 3.63) is 95.6 Å². The van der Waals surface area contributed by atoms with Crippen molar-refractivity contribution in [2.45, 2.75) is 104 Å². The van der Waals surface area contributed by atoms with E-state index in [0.29, 0.717) is 5.41 Å². The van der Waals surface area contributed by atoms with E-state index in [-0.39, 0.29) is 234 Å². The van der Waals surface area contributed by atoms with E-state index in [9.17, 15) is 0 Å². The number of fused-ring (bicyclic) bond motifs is 3. The molecule has 4 rings (SSSR count). The SMILES string of the molecule is C.CC.CC.CC.CC.CC(C)(C)C.Cc1ccccc1.[Ar].[Ar].[Ar].[Ar].[Ar].[Ar].c1ccc2c(c1)Cc1ccccc1-2. The normalized spacial score (nSPS) is 7.62. The second-order valence-electron chi connectivity index (χ2n) is 8.15. The fourth-order valence-corrected chi connectivity index (χ4v) is 2.61. The third-order valence-corrected chi connectivity index (χ3v) is 3.65. The second kappa shape index (κ2) is 51.1. The maximum absolute atomic E-state index is 2.22.